The fourth-order valence-electron chi connectivity index (χ4n) is 2.79. The number of esters is 1. The molecule has 1 aliphatic rings. The lowest BCUT2D eigenvalue weighted by molar-refractivity contribution is -0.139. The van der Waals surface area contributed by atoms with Crippen LogP contribution in [0.15, 0.2) is 11.5 Å². The molecule has 10 nitrogen and oxygen atoms in total. The minimum Gasteiger partial charge on any atom is -0.465 e. The molecule has 1 aliphatic heterocycles. The Labute approximate surface area is 168 Å². The summed E-state index contributed by atoms with van der Waals surface area (Å²) in [5, 5.41) is 4.86. The van der Waals surface area contributed by atoms with Crippen molar-refractivity contribution in [3.8, 4) is 5.95 Å². The van der Waals surface area contributed by atoms with Gasteiger partial charge in [-0.2, -0.15) is 19.6 Å². The Balaban J connectivity index is 1.81. The number of thioether (sulfide) groups is 1. The molecule has 1 fully saturated rings. The highest BCUT2D eigenvalue weighted by Gasteiger charge is 2.18. The average molecular weight is 407 g/mol. The van der Waals surface area contributed by atoms with Gasteiger partial charge in [-0.1, -0.05) is 24.6 Å². The van der Waals surface area contributed by atoms with Crippen LogP contribution in [0, 0.1) is 0 Å². The largest absolute Gasteiger partial charge is 0.465 e. The van der Waals surface area contributed by atoms with Gasteiger partial charge in [-0.05, 0) is 19.8 Å². The molecule has 0 amide bonds. The smallest absolute Gasteiger partial charge is 0.316 e. The number of hydrogen-bond acceptors (Lipinski definition) is 10. The number of carbonyl (C=O) groups is 1. The second-order valence-corrected chi connectivity index (χ2v) is 7.54. The molecule has 2 aromatic rings. The summed E-state index contributed by atoms with van der Waals surface area (Å²) in [5.74, 6) is 1.51. The number of carbonyl (C=O) groups excluding carboxylic acids is 1. The summed E-state index contributed by atoms with van der Waals surface area (Å²) < 4.78 is 6.44. The number of anilines is 2. The average Bonchev–Trinajstić information content (AvgIpc) is 2.99. The molecule has 0 saturated carbocycles. The fourth-order valence-corrected chi connectivity index (χ4v) is 3.39. The topological polar surface area (TPSA) is 102 Å². The lowest BCUT2D eigenvalue weighted by Gasteiger charge is -2.22. The van der Waals surface area contributed by atoms with E-state index in [1.165, 1.54) is 29.3 Å². The van der Waals surface area contributed by atoms with E-state index in [0.29, 0.717) is 29.6 Å². The summed E-state index contributed by atoms with van der Waals surface area (Å²) >= 11 is 1.22. The molecular formula is C17H26N8O2S. The van der Waals surface area contributed by atoms with Crippen molar-refractivity contribution in [2.75, 3.05) is 49.3 Å². The zero-order chi connectivity index (χ0) is 19.9. The van der Waals surface area contributed by atoms with Crippen LogP contribution in [0.1, 0.15) is 32.6 Å². The molecule has 0 aromatic carbocycles. The van der Waals surface area contributed by atoms with Crippen molar-refractivity contribution in [2.24, 2.45) is 0 Å². The van der Waals surface area contributed by atoms with Crippen molar-refractivity contribution in [3.63, 3.8) is 0 Å². The second kappa shape index (κ2) is 9.67. The summed E-state index contributed by atoms with van der Waals surface area (Å²) in [6, 6.07) is 0. The van der Waals surface area contributed by atoms with E-state index in [9.17, 15) is 4.79 Å². The van der Waals surface area contributed by atoms with Gasteiger partial charge in [-0.25, -0.2) is 4.98 Å². The third-order valence-electron chi connectivity index (χ3n) is 4.19. The maximum absolute atomic E-state index is 11.5. The maximum atomic E-state index is 11.5. The van der Waals surface area contributed by atoms with Gasteiger partial charge in [0, 0.05) is 27.2 Å². The van der Waals surface area contributed by atoms with E-state index in [1.807, 2.05) is 19.0 Å². The molecule has 2 aromatic heterocycles. The van der Waals surface area contributed by atoms with Gasteiger partial charge in [0.2, 0.25) is 17.1 Å². The van der Waals surface area contributed by atoms with Gasteiger partial charge >= 0.3 is 5.97 Å². The summed E-state index contributed by atoms with van der Waals surface area (Å²) in [6.07, 6.45) is 6.29. The van der Waals surface area contributed by atoms with Gasteiger partial charge < -0.3 is 14.5 Å². The third kappa shape index (κ3) is 5.31. The van der Waals surface area contributed by atoms with Crippen molar-refractivity contribution < 1.29 is 9.53 Å². The standard InChI is InChI=1S/C17H26N8O2S/c1-4-27-13(26)11-28-17-18-12-25(22-17)16-20-14(23(2)3)19-15(21-16)24-9-7-5-6-8-10-24/h12H,4-11H2,1-3H3. The first-order chi connectivity index (χ1) is 13.6. The van der Waals surface area contributed by atoms with Crippen molar-refractivity contribution in [1.82, 2.24) is 29.7 Å². The van der Waals surface area contributed by atoms with Crippen LogP contribution in [-0.4, -0.2) is 75.2 Å². The molecule has 0 atom stereocenters. The maximum Gasteiger partial charge on any atom is 0.316 e. The molecule has 28 heavy (non-hydrogen) atoms. The fraction of sp³-hybridized carbons (Fsp3) is 0.647. The number of rotatable bonds is 7. The van der Waals surface area contributed by atoms with Crippen molar-refractivity contribution in [1.29, 1.82) is 0 Å². The molecule has 11 heteroatoms. The van der Waals surface area contributed by atoms with E-state index in [4.69, 9.17) is 4.74 Å². The van der Waals surface area contributed by atoms with E-state index < -0.39 is 0 Å². The Morgan fingerprint density at radius 2 is 1.86 bits per heavy atom. The zero-order valence-electron chi connectivity index (χ0n) is 16.5. The first kappa shape index (κ1) is 20.3. The van der Waals surface area contributed by atoms with Gasteiger partial charge in [0.25, 0.3) is 5.95 Å². The minimum atomic E-state index is -0.289. The van der Waals surface area contributed by atoms with Crippen LogP contribution in [0.4, 0.5) is 11.9 Å². The quantitative estimate of drug-likeness (QED) is 0.497. The lowest BCUT2D eigenvalue weighted by atomic mass is 10.2. The van der Waals surface area contributed by atoms with Crippen LogP contribution in [0.2, 0.25) is 0 Å². The van der Waals surface area contributed by atoms with E-state index in [-0.39, 0.29) is 11.7 Å². The Kier molecular flexibility index (Phi) is 7.01. The van der Waals surface area contributed by atoms with Crippen LogP contribution < -0.4 is 9.80 Å². The van der Waals surface area contributed by atoms with E-state index in [2.05, 4.69) is 29.9 Å². The lowest BCUT2D eigenvalue weighted by Crippen LogP contribution is -2.28. The molecule has 0 spiro atoms. The number of nitrogens with zero attached hydrogens (tertiary/aromatic N) is 8. The van der Waals surface area contributed by atoms with Crippen LogP contribution in [0.25, 0.3) is 5.95 Å². The van der Waals surface area contributed by atoms with Crippen LogP contribution >= 0.6 is 11.8 Å². The van der Waals surface area contributed by atoms with E-state index >= 15 is 0 Å². The van der Waals surface area contributed by atoms with Crippen LogP contribution in [0.3, 0.4) is 0 Å². The summed E-state index contributed by atoms with van der Waals surface area (Å²) in [5.41, 5.74) is 0. The SMILES string of the molecule is CCOC(=O)CSc1ncn(-c2nc(N(C)C)nc(N3CCCCCC3)n2)n1. The molecule has 0 radical (unpaired) electrons. The molecule has 3 heterocycles. The van der Waals surface area contributed by atoms with Crippen LogP contribution in [-0.2, 0) is 9.53 Å². The Bertz CT molecular complexity index is 789. The third-order valence-corrected chi connectivity index (χ3v) is 5.01. The van der Waals surface area contributed by atoms with Crippen LogP contribution in [0.5, 0.6) is 0 Å². The highest BCUT2D eigenvalue weighted by molar-refractivity contribution is 7.99. The second-order valence-electron chi connectivity index (χ2n) is 6.60. The molecule has 0 unspecified atom stereocenters. The van der Waals surface area contributed by atoms with Gasteiger partial charge in [0.15, 0.2) is 0 Å². The molecule has 0 aliphatic carbocycles. The highest BCUT2D eigenvalue weighted by Crippen LogP contribution is 2.19. The van der Waals surface area contributed by atoms with Gasteiger partial charge in [-0.3, -0.25) is 4.79 Å². The Morgan fingerprint density at radius 1 is 1.14 bits per heavy atom. The van der Waals surface area contributed by atoms with Crippen molar-refractivity contribution in [2.45, 2.75) is 37.8 Å². The first-order valence-corrected chi connectivity index (χ1v) is 10.4. The predicted octanol–water partition coefficient (Wildman–Crippen LogP) is 1.55. The molecule has 0 bridgehead atoms. The Hall–Kier alpha value is -2.43. The number of aromatic nitrogens is 6. The highest BCUT2D eigenvalue weighted by atomic mass is 32.2. The normalized spacial score (nSPS) is 14.6. The number of ether oxygens (including phenoxy) is 1. The summed E-state index contributed by atoms with van der Waals surface area (Å²) in [7, 11) is 3.79. The molecule has 0 N–H and O–H groups in total. The van der Waals surface area contributed by atoms with Crippen molar-refractivity contribution in [3.05, 3.63) is 6.33 Å². The van der Waals surface area contributed by atoms with E-state index in [0.717, 1.165) is 25.9 Å². The molecule has 1 saturated heterocycles. The van der Waals surface area contributed by atoms with Gasteiger partial charge in [-0.15, -0.1) is 5.10 Å². The number of hydrogen-bond donors (Lipinski definition) is 0. The van der Waals surface area contributed by atoms with Gasteiger partial charge in [0.05, 0.1) is 12.4 Å². The zero-order valence-corrected chi connectivity index (χ0v) is 17.4. The monoisotopic (exact) mass is 406 g/mol. The predicted molar refractivity (Wildman–Crippen MR) is 107 cm³/mol. The molecule has 152 valence electrons. The van der Waals surface area contributed by atoms with Crippen molar-refractivity contribution >= 4 is 29.6 Å². The van der Waals surface area contributed by atoms with E-state index in [1.54, 1.807) is 13.3 Å². The summed E-state index contributed by atoms with van der Waals surface area (Å²) in [4.78, 5) is 33.5. The summed E-state index contributed by atoms with van der Waals surface area (Å²) in [6.45, 7) is 4.02. The molecule has 3 rings (SSSR count). The molecular weight excluding hydrogens is 380 g/mol. The minimum absolute atomic E-state index is 0.164. The van der Waals surface area contributed by atoms with Gasteiger partial charge in [0.1, 0.15) is 6.33 Å². The Morgan fingerprint density at radius 3 is 2.54 bits per heavy atom. The first-order valence-electron chi connectivity index (χ1n) is 9.45.